The molecule has 0 aromatic heterocycles. The number of aryl methyl sites for hydroxylation is 1. The fourth-order valence-corrected chi connectivity index (χ4v) is 6.78. The van der Waals surface area contributed by atoms with Gasteiger partial charge >= 0.3 is 0 Å². The van der Waals surface area contributed by atoms with E-state index in [0.29, 0.717) is 5.75 Å². The quantitative estimate of drug-likeness (QED) is 0.299. The molecule has 1 aliphatic carbocycles. The maximum absolute atomic E-state index is 14.1. The van der Waals surface area contributed by atoms with Gasteiger partial charge in [-0.3, -0.25) is 13.9 Å². The first-order valence-corrected chi connectivity index (χ1v) is 16.0. The van der Waals surface area contributed by atoms with Gasteiger partial charge in [0.05, 0.1) is 22.7 Å². The summed E-state index contributed by atoms with van der Waals surface area (Å²) in [6.45, 7) is 3.26. The number of ether oxygens (including phenoxy) is 1. The van der Waals surface area contributed by atoms with Gasteiger partial charge in [-0.15, -0.1) is 0 Å². The van der Waals surface area contributed by atoms with Gasteiger partial charge in [-0.1, -0.05) is 78.9 Å². The maximum Gasteiger partial charge on any atom is 0.264 e. The van der Waals surface area contributed by atoms with Crippen molar-refractivity contribution in [1.82, 2.24) is 10.2 Å². The van der Waals surface area contributed by atoms with E-state index in [1.807, 2.05) is 31.2 Å². The number of anilines is 1. The molecule has 2 amide bonds. The van der Waals surface area contributed by atoms with Gasteiger partial charge in [-0.2, -0.15) is 0 Å². The molecule has 0 radical (unpaired) electrons. The lowest BCUT2D eigenvalue weighted by Crippen LogP contribution is -2.53. The molecule has 1 N–H and O–H groups in total. The monoisotopic (exact) mass is 611 g/mol. The molecule has 1 atom stereocenters. The minimum absolute atomic E-state index is 0.0258. The Morgan fingerprint density at radius 2 is 1.67 bits per heavy atom. The molecule has 224 valence electrons. The van der Waals surface area contributed by atoms with Gasteiger partial charge in [0.15, 0.2) is 0 Å². The Morgan fingerprint density at radius 1 is 1.00 bits per heavy atom. The average molecular weight is 612 g/mol. The van der Waals surface area contributed by atoms with E-state index in [-0.39, 0.29) is 34.1 Å². The molecule has 3 aromatic rings. The van der Waals surface area contributed by atoms with Gasteiger partial charge < -0.3 is 15.0 Å². The maximum atomic E-state index is 14.1. The van der Waals surface area contributed by atoms with E-state index in [9.17, 15) is 18.0 Å². The van der Waals surface area contributed by atoms with Crippen molar-refractivity contribution in [1.29, 1.82) is 0 Å². The minimum Gasteiger partial charge on any atom is -0.495 e. The molecule has 10 heteroatoms. The van der Waals surface area contributed by atoms with Crippen molar-refractivity contribution < 1.29 is 22.7 Å². The zero-order valence-electron chi connectivity index (χ0n) is 24.3. The van der Waals surface area contributed by atoms with Gasteiger partial charge in [0.2, 0.25) is 11.8 Å². The highest BCUT2D eigenvalue weighted by Gasteiger charge is 2.33. The highest BCUT2D eigenvalue weighted by molar-refractivity contribution is 7.92. The first-order chi connectivity index (χ1) is 20.1. The molecular formula is C32H38ClN3O5S. The van der Waals surface area contributed by atoms with Gasteiger partial charge in [0.1, 0.15) is 18.3 Å². The largest absolute Gasteiger partial charge is 0.495 e. The number of hydrogen-bond donors (Lipinski definition) is 1. The lowest BCUT2D eigenvalue weighted by Gasteiger charge is -2.33. The van der Waals surface area contributed by atoms with E-state index in [1.165, 1.54) is 30.2 Å². The lowest BCUT2D eigenvalue weighted by atomic mass is 9.95. The first kappa shape index (κ1) is 31.4. The van der Waals surface area contributed by atoms with E-state index in [2.05, 4.69) is 5.32 Å². The standard InChI is InChI=1S/C32H38ClN3O5S/c1-23-14-16-25(17-15-23)21-35(24(2)32(38)34-26-10-6-4-7-11-26)31(37)22-36(27-18-19-30(41-3)29(33)20-27)42(39,40)28-12-8-5-9-13-28/h5,8-9,12-20,24,26H,4,6-7,10-11,21-22H2,1-3H3,(H,34,38). The van der Waals surface area contributed by atoms with E-state index < -0.39 is 28.5 Å². The van der Waals surface area contributed by atoms with Gasteiger partial charge in [-0.05, 0) is 62.6 Å². The molecular weight excluding hydrogens is 574 g/mol. The number of nitrogens with one attached hydrogen (secondary N) is 1. The molecule has 0 aliphatic heterocycles. The third kappa shape index (κ3) is 7.63. The van der Waals surface area contributed by atoms with Crippen molar-refractivity contribution in [3.63, 3.8) is 0 Å². The fourth-order valence-electron chi connectivity index (χ4n) is 5.10. The number of methoxy groups -OCH3 is 1. The Balaban J connectivity index is 1.69. The Morgan fingerprint density at radius 3 is 2.29 bits per heavy atom. The molecule has 42 heavy (non-hydrogen) atoms. The highest BCUT2D eigenvalue weighted by Crippen LogP contribution is 2.32. The molecule has 0 saturated heterocycles. The smallest absolute Gasteiger partial charge is 0.264 e. The molecule has 0 spiro atoms. The van der Waals surface area contributed by atoms with Gasteiger partial charge in [-0.25, -0.2) is 8.42 Å². The summed E-state index contributed by atoms with van der Waals surface area (Å²) in [4.78, 5) is 29.0. The Hall–Kier alpha value is -3.56. The summed E-state index contributed by atoms with van der Waals surface area (Å²) < 4.78 is 34.1. The van der Waals surface area contributed by atoms with Crippen LogP contribution in [0.3, 0.4) is 0 Å². The molecule has 0 heterocycles. The number of hydrogen-bond acceptors (Lipinski definition) is 5. The van der Waals surface area contributed by atoms with Crippen LogP contribution in [0.1, 0.15) is 50.2 Å². The molecule has 1 unspecified atom stereocenters. The SMILES string of the molecule is COc1ccc(N(CC(=O)N(Cc2ccc(C)cc2)C(C)C(=O)NC2CCCCC2)S(=O)(=O)c2ccccc2)cc1Cl. The summed E-state index contributed by atoms with van der Waals surface area (Å²) in [5, 5.41) is 3.32. The lowest BCUT2D eigenvalue weighted by molar-refractivity contribution is -0.139. The van der Waals surface area contributed by atoms with Crippen LogP contribution >= 0.6 is 11.6 Å². The van der Waals surface area contributed by atoms with Crippen LogP contribution in [0.5, 0.6) is 5.75 Å². The number of benzene rings is 3. The zero-order valence-corrected chi connectivity index (χ0v) is 25.8. The molecule has 1 saturated carbocycles. The van der Waals surface area contributed by atoms with Crippen LogP contribution in [0.4, 0.5) is 5.69 Å². The van der Waals surface area contributed by atoms with E-state index in [1.54, 1.807) is 37.3 Å². The second kappa shape index (κ2) is 14.1. The third-order valence-electron chi connectivity index (χ3n) is 7.63. The predicted molar refractivity (Wildman–Crippen MR) is 165 cm³/mol. The zero-order chi connectivity index (χ0) is 30.3. The number of carbonyl (C=O) groups is 2. The van der Waals surface area contributed by atoms with Crippen molar-refractivity contribution in [2.75, 3.05) is 18.0 Å². The van der Waals surface area contributed by atoms with E-state index in [4.69, 9.17) is 16.3 Å². The average Bonchev–Trinajstić information content (AvgIpc) is 3.00. The van der Waals surface area contributed by atoms with Crippen LogP contribution in [-0.4, -0.2) is 50.9 Å². The first-order valence-electron chi connectivity index (χ1n) is 14.2. The molecule has 4 rings (SSSR count). The summed E-state index contributed by atoms with van der Waals surface area (Å²) in [5.74, 6) is -0.404. The second-order valence-corrected chi connectivity index (χ2v) is 12.9. The van der Waals surface area contributed by atoms with Crippen LogP contribution in [0.15, 0.2) is 77.7 Å². The molecule has 3 aromatic carbocycles. The summed E-state index contributed by atoms with van der Waals surface area (Å²) in [6.07, 6.45) is 5.09. The van der Waals surface area contributed by atoms with Gasteiger partial charge in [0.25, 0.3) is 10.0 Å². The predicted octanol–water partition coefficient (Wildman–Crippen LogP) is 5.72. The number of halogens is 1. The number of sulfonamides is 1. The molecule has 0 bridgehead atoms. The molecule has 8 nitrogen and oxygen atoms in total. The Bertz CT molecular complexity index is 1480. The van der Waals surface area contributed by atoms with Crippen LogP contribution < -0.4 is 14.4 Å². The Labute approximate surface area is 253 Å². The van der Waals surface area contributed by atoms with Crippen LogP contribution in [-0.2, 0) is 26.2 Å². The van der Waals surface area contributed by atoms with E-state index in [0.717, 1.165) is 47.5 Å². The van der Waals surface area contributed by atoms with Crippen molar-refractivity contribution >= 4 is 39.1 Å². The van der Waals surface area contributed by atoms with Crippen molar-refractivity contribution in [2.45, 2.75) is 69.5 Å². The van der Waals surface area contributed by atoms with Crippen molar-refractivity contribution in [3.8, 4) is 5.75 Å². The number of carbonyl (C=O) groups excluding carboxylic acids is 2. The summed E-state index contributed by atoms with van der Waals surface area (Å²) in [7, 11) is -2.72. The van der Waals surface area contributed by atoms with Crippen molar-refractivity contribution in [2.24, 2.45) is 0 Å². The van der Waals surface area contributed by atoms with E-state index >= 15 is 0 Å². The topological polar surface area (TPSA) is 96.0 Å². The normalized spacial score (nSPS) is 14.6. The highest BCUT2D eigenvalue weighted by atomic mass is 35.5. The molecule has 1 aliphatic rings. The number of rotatable bonds is 11. The Kier molecular flexibility index (Phi) is 10.5. The summed E-state index contributed by atoms with van der Waals surface area (Å²) >= 11 is 6.38. The van der Waals surface area contributed by atoms with Crippen molar-refractivity contribution in [3.05, 3.63) is 88.9 Å². The minimum atomic E-state index is -4.18. The van der Waals surface area contributed by atoms with Crippen LogP contribution in [0, 0.1) is 6.92 Å². The summed E-state index contributed by atoms with van der Waals surface area (Å²) in [5.41, 5.74) is 2.10. The number of amides is 2. The molecule has 1 fully saturated rings. The fraction of sp³-hybridized carbons (Fsp3) is 0.375. The second-order valence-electron chi connectivity index (χ2n) is 10.7. The summed E-state index contributed by atoms with van der Waals surface area (Å²) in [6, 6.07) is 19.4. The number of nitrogens with zero attached hydrogens (tertiary/aromatic N) is 2. The van der Waals surface area contributed by atoms with Crippen LogP contribution in [0.2, 0.25) is 5.02 Å². The van der Waals surface area contributed by atoms with Crippen LogP contribution in [0.25, 0.3) is 0 Å². The third-order valence-corrected chi connectivity index (χ3v) is 9.71. The van der Waals surface area contributed by atoms with Gasteiger partial charge in [0, 0.05) is 12.6 Å².